The van der Waals surface area contributed by atoms with Crippen molar-refractivity contribution in [3.63, 3.8) is 0 Å². The lowest BCUT2D eigenvalue weighted by Crippen LogP contribution is -2.38. The Morgan fingerprint density at radius 3 is 2.86 bits per heavy atom. The van der Waals surface area contributed by atoms with Crippen LogP contribution in [0.1, 0.15) is 30.1 Å². The van der Waals surface area contributed by atoms with E-state index in [-0.39, 0.29) is 24.2 Å². The number of benzene rings is 1. The van der Waals surface area contributed by atoms with Gasteiger partial charge in [0.15, 0.2) is 12.4 Å². The summed E-state index contributed by atoms with van der Waals surface area (Å²) in [5.41, 5.74) is 1.39. The van der Waals surface area contributed by atoms with Crippen LogP contribution in [-0.4, -0.2) is 37.9 Å². The van der Waals surface area contributed by atoms with Crippen LogP contribution in [0.15, 0.2) is 18.2 Å². The SMILES string of the molecule is CCN1C(=O)COc2ccc(C(=O)C3CCNCC3)cc21. The smallest absolute Gasteiger partial charge is 0.265 e. The predicted molar refractivity (Wildman–Crippen MR) is 79.9 cm³/mol. The van der Waals surface area contributed by atoms with Crippen LogP contribution >= 0.6 is 0 Å². The molecule has 3 rings (SSSR count). The van der Waals surface area contributed by atoms with Gasteiger partial charge in [0.25, 0.3) is 5.91 Å². The monoisotopic (exact) mass is 288 g/mol. The number of hydrogen-bond acceptors (Lipinski definition) is 4. The summed E-state index contributed by atoms with van der Waals surface area (Å²) in [5.74, 6) is 0.878. The fourth-order valence-electron chi connectivity index (χ4n) is 3.02. The van der Waals surface area contributed by atoms with Gasteiger partial charge in [-0.2, -0.15) is 0 Å². The number of ether oxygens (including phenoxy) is 1. The Morgan fingerprint density at radius 2 is 2.14 bits per heavy atom. The van der Waals surface area contributed by atoms with E-state index < -0.39 is 0 Å². The quantitative estimate of drug-likeness (QED) is 0.859. The predicted octanol–water partition coefficient (Wildman–Crippen LogP) is 1.61. The third-order valence-corrected chi connectivity index (χ3v) is 4.21. The van der Waals surface area contributed by atoms with Crippen molar-refractivity contribution in [1.29, 1.82) is 0 Å². The molecule has 0 saturated carbocycles. The Morgan fingerprint density at radius 1 is 1.38 bits per heavy atom. The summed E-state index contributed by atoms with van der Waals surface area (Å²) < 4.78 is 5.44. The molecule has 0 atom stereocenters. The van der Waals surface area contributed by atoms with Crippen LogP contribution in [0.25, 0.3) is 0 Å². The Hall–Kier alpha value is -1.88. The summed E-state index contributed by atoms with van der Waals surface area (Å²) in [6, 6.07) is 5.42. The second-order valence-electron chi connectivity index (χ2n) is 5.50. The Balaban J connectivity index is 1.89. The van der Waals surface area contributed by atoms with E-state index in [1.807, 2.05) is 13.0 Å². The molecule has 0 aliphatic carbocycles. The third-order valence-electron chi connectivity index (χ3n) is 4.21. The minimum Gasteiger partial charge on any atom is -0.482 e. The zero-order valence-electron chi connectivity index (χ0n) is 12.2. The number of nitrogens with zero attached hydrogens (tertiary/aromatic N) is 1. The molecule has 0 spiro atoms. The maximum atomic E-state index is 12.6. The van der Waals surface area contributed by atoms with Crippen molar-refractivity contribution < 1.29 is 14.3 Å². The van der Waals surface area contributed by atoms with E-state index in [4.69, 9.17) is 4.74 Å². The summed E-state index contributed by atoms with van der Waals surface area (Å²) in [7, 11) is 0. The average Bonchev–Trinajstić information content (AvgIpc) is 2.54. The highest BCUT2D eigenvalue weighted by atomic mass is 16.5. The molecule has 5 heteroatoms. The molecule has 1 fully saturated rings. The number of nitrogens with one attached hydrogen (secondary N) is 1. The molecular formula is C16H20N2O3. The molecule has 2 aliphatic heterocycles. The largest absolute Gasteiger partial charge is 0.482 e. The number of rotatable bonds is 3. The molecule has 2 aliphatic rings. The highest BCUT2D eigenvalue weighted by Crippen LogP contribution is 2.33. The second-order valence-corrected chi connectivity index (χ2v) is 5.50. The highest BCUT2D eigenvalue weighted by molar-refractivity contribution is 6.02. The molecule has 1 saturated heterocycles. The maximum absolute atomic E-state index is 12.6. The Labute approximate surface area is 124 Å². The molecule has 5 nitrogen and oxygen atoms in total. The molecule has 0 aromatic heterocycles. The van der Waals surface area contributed by atoms with Gasteiger partial charge in [0.1, 0.15) is 5.75 Å². The van der Waals surface area contributed by atoms with Crippen molar-refractivity contribution in [2.75, 3.05) is 31.1 Å². The van der Waals surface area contributed by atoms with Crippen LogP contribution in [0.5, 0.6) is 5.75 Å². The molecule has 2 heterocycles. The second kappa shape index (κ2) is 5.85. The fourth-order valence-corrected chi connectivity index (χ4v) is 3.02. The highest BCUT2D eigenvalue weighted by Gasteiger charge is 2.27. The van der Waals surface area contributed by atoms with Gasteiger partial charge in [-0.15, -0.1) is 0 Å². The van der Waals surface area contributed by atoms with Crippen LogP contribution in [0.4, 0.5) is 5.69 Å². The topological polar surface area (TPSA) is 58.6 Å². The van der Waals surface area contributed by atoms with Gasteiger partial charge in [-0.05, 0) is 51.1 Å². The number of likely N-dealkylation sites (N-methyl/N-ethyl adjacent to an activating group) is 1. The van der Waals surface area contributed by atoms with Gasteiger partial charge in [0.05, 0.1) is 5.69 Å². The fraction of sp³-hybridized carbons (Fsp3) is 0.500. The van der Waals surface area contributed by atoms with Gasteiger partial charge in [-0.25, -0.2) is 0 Å². The van der Waals surface area contributed by atoms with Gasteiger partial charge in [0.2, 0.25) is 0 Å². The summed E-state index contributed by atoms with van der Waals surface area (Å²) in [6.45, 7) is 4.37. The molecule has 21 heavy (non-hydrogen) atoms. The normalized spacial score (nSPS) is 19.1. The van der Waals surface area contributed by atoms with E-state index in [1.54, 1.807) is 17.0 Å². The van der Waals surface area contributed by atoms with Crippen molar-refractivity contribution in [2.24, 2.45) is 5.92 Å². The first-order valence-corrected chi connectivity index (χ1v) is 7.53. The minimum absolute atomic E-state index is 0.0588. The Bertz CT molecular complexity index is 565. The zero-order valence-corrected chi connectivity index (χ0v) is 12.2. The van der Waals surface area contributed by atoms with Crippen LogP contribution in [0, 0.1) is 5.92 Å². The lowest BCUT2D eigenvalue weighted by atomic mass is 9.89. The summed E-state index contributed by atoms with van der Waals surface area (Å²) in [4.78, 5) is 26.1. The molecule has 1 aromatic carbocycles. The van der Waals surface area contributed by atoms with Crippen LogP contribution in [0.2, 0.25) is 0 Å². The third kappa shape index (κ3) is 2.65. The maximum Gasteiger partial charge on any atom is 0.265 e. The first kappa shape index (κ1) is 14.1. The molecule has 112 valence electrons. The van der Waals surface area contributed by atoms with E-state index in [9.17, 15) is 9.59 Å². The van der Waals surface area contributed by atoms with E-state index in [2.05, 4.69) is 5.32 Å². The van der Waals surface area contributed by atoms with Crippen molar-refractivity contribution in [3.8, 4) is 5.75 Å². The number of ketones is 1. The molecule has 0 unspecified atom stereocenters. The Kier molecular flexibility index (Phi) is 3.92. The van der Waals surface area contributed by atoms with Crippen LogP contribution < -0.4 is 15.0 Å². The molecule has 1 amide bonds. The van der Waals surface area contributed by atoms with Crippen molar-refractivity contribution >= 4 is 17.4 Å². The molecule has 0 radical (unpaired) electrons. The van der Waals surface area contributed by atoms with E-state index in [0.717, 1.165) is 25.9 Å². The first-order valence-electron chi connectivity index (χ1n) is 7.53. The number of hydrogen-bond donors (Lipinski definition) is 1. The van der Waals surface area contributed by atoms with Crippen LogP contribution in [-0.2, 0) is 4.79 Å². The van der Waals surface area contributed by atoms with E-state index in [0.29, 0.717) is 23.5 Å². The number of amides is 1. The number of Topliss-reactive ketones (excluding diaryl/α,β-unsaturated/α-hetero) is 1. The lowest BCUT2D eigenvalue weighted by Gasteiger charge is -2.29. The number of fused-ring (bicyclic) bond motifs is 1. The minimum atomic E-state index is -0.0588. The van der Waals surface area contributed by atoms with Gasteiger partial charge in [0, 0.05) is 18.0 Å². The van der Waals surface area contributed by atoms with Crippen molar-refractivity contribution in [3.05, 3.63) is 23.8 Å². The average molecular weight is 288 g/mol. The first-order chi connectivity index (χ1) is 10.2. The number of piperidine rings is 1. The van der Waals surface area contributed by atoms with E-state index >= 15 is 0 Å². The molecule has 0 bridgehead atoms. The van der Waals surface area contributed by atoms with Gasteiger partial charge in [-0.3, -0.25) is 9.59 Å². The van der Waals surface area contributed by atoms with Crippen molar-refractivity contribution in [2.45, 2.75) is 19.8 Å². The summed E-state index contributed by atoms with van der Waals surface area (Å²) in [6.07, 6.45) is 1.76. The molecule has 1 N–H and O–H groups in total. The van der Waals surface area contributed by atoms with Gasteiger partial charge >= 0.3 is 0 Å². The number of carbonyl (C=O) groups excluding carboxylic acids is 2. The van der Waals surface area contributed by atoms with Crippen molar-refractivity contribution in [1.82, 2.24) is 5.32 Å². The van der Waals surface area contributed by atoms with Gasteiger partial charge in [-0.1, -0.05) is 0 Å². The molecule has 1 aromatic rings. The summed E-state index contributed by atoms with van der Waals surface area (Å²) in [5, 5.41) is 3.27. The number of carbonyl (C=O) groups is 2. The zero-order chi connectivity index (χ0) is 14.8. The number of anilines is 1. The van der Waals surface area contributed by atoms with Crippen LogP contribution in [0.3, 0.4) is 0 Å². The van der Waals surface area contributed by atoms with Gasteiger partial charge < -0.3 is 15.0 Å². The summed E-state index contributed by atoms with van der Waals surface area (Å²) >= 11 is 0. The standard InChI is InChI=1S/C16H20N2O3/c1-2-18-13-9-12(3-4-14(13)21-10-15(18)19)16(20)11-5-7-17-8-6-11/h3-4,9,11,17H,2,5-8,10H2,1H3. The van der Waals surface area contributed by atoms with E-state index in [1.165, 1.54) is 0 Å². The molecular weight excluding hydrogens is 268 g/mol. The lowest BCUT2D eigenvalue weighted by molar-refractivity contribution is -0.121.